The Labute approximate surface area is 154 Å². The van der Waals surface area contributed by atoms with Gasteiger partial charge in [-0.1, -0.05) is 0 Å². The highest BCUT2D eigenvalue weighted by Crippen LogP contribution is 2.34. The molecule has 26 heavy (non-hydrogen) atoms. The fourth-order valence-corrected chi connectivity index (χ4v) is 3.47. The maximum Gasteiger partial charge on any atom is 0.234 e. The molecular weight excluding hydrogens is 350 g/mol. The molecule has 7 nitrogen and oxygen atoms in total. The summed E-state index contributed by atoms with van der Waals surface area (Å²) in [6, 6.07) is 7.49. The summed E-state index contributed by atoms with van der Waals surface area (Å²) in [5.41, 5.74) is 3.51. The Kier molecular flexibility index (Phi) is 4.18. The minimum absolute atomic E-state index is 0.666. The average molecular weight is 367 g/mol. The number of fused-ring (bicyclic) bond motifs is 1. The van der Waals surface area contributed by atoms with E-state index in [-0.39, 0.29) is 0 Å². The van der Waals surface area contributed by atoms with Crippen molar-refractivity contribution in [2.24, 2.45) is 0 Å². The molecule has 0 unspecified atom stereocenters. The van der Waals surface area contributed by atoms with Gasteiger partial charge < -0.3 is 14.8 Å². The van der Waals surface area contributed by atoms with Crippen molar-refractivity contribution in [1.82, 2.24) is 19.4 Å². The van der Waals surface area contributed by atoms with Crippen LogP contribution in [0.1, 0.15) is 5.69 Å². The first-order chi connectivity index (χ1) is 12.7. The van der Waals surface area contributed by atoms with Crippen LogP contribution in [0.2, 0.25) is 0 Å². The predicted molar refractivity (Wildman–Crippen MR) is 102 cm³/mol. The number of aryl methyl sites for hydroxylation is 1. The van der Waals surface area contributed by atoms with Crippen molar-refractivity contribution in [3.63, 3.8) is 0 Å². The molecule has 3 aromatic heterocycles. The zero-order chi connectivity index (χ0) is 18.1. The van der Waals surface area contributed by atoms with Crippen LogP contribution in [-0.4, -0.2) is 33.6 Å². The van der Waals surface area contributed by atoms with Gasteiger partial charge in [0.15, 0.2) is 5.13 Å². The lowest BCUT2D eigenvalue weighted by Crippen LogP contribution is -1.96. The zero-order valence-corrected chi connectivity index (χ0v) is 15.4. The Hall–Kier alpha value is -3.13. The summed E-state index contributed by atoms with van der Waals surface area (Å²) in [6.07, 6.45) is 3.67. The van der Waals surface area contributed by atoms with Gasteiger partial charge in [-0.25, -0.2) is 15.0 Å². The second-order valence-corrected chi connectivity index (χ2v) is 6.42. The lowest BCUT2D eigenvalue weighted by molar-refractivity contribution is 0.395. The van der Waals surface area contributed by atoms with Crippen molar-refractivity contribution in [3.05, 3.63) is 47.7 Å². The summed E-state index contributed by atoms with van der Waals surface area (Å²) in [6.45, 7) is 1.96. The average Bonchev–Trinajstić information content (AvgIpc) is 3.24. The number of rotatable bonds is 5. The number of anilines is 2. The van der Waals surface area contributed by atoms with Crippen molar-refractivity contribution < 1.29 is 9.47 Å². The van der Waals surface area contributed by atoms with Crippen LogP contribution in [0.15, 0.2) is 42.0 Å². The van der Waals surface area contributed by atoms with Gasteiger partial charge in [0.05, 0.1) is 31.3 Å². The first-order valence-corrected chi connectivity index (χ1v) is 8.82. The Morgan fingerprint density at radius 3 is 2.85 bits per heavy atom. The number of hydrogen-bond acceptors (Lipinski definition) is 7. The van der Waals surface area contributed by atoms with Crippen LogP contribution in [0.5, 0.6) is 11.5 Å². The largest absolute Gasteiger partial charge is 0.497 e. The lowest BCUT2D eigenvalue weighted by Gasteiger charge is -2.10. The van der Waals surface area contributed by atoms with E-state index in [2.05, 4.69) is 15.3 Å². The molecule has 0 aliphatic rings. The molecule has 0 amide bonds. The summed E-state index contributed by atoms with van der Waals surface area (Å²) in [4.78, 5) is 13.5. The fraction of sp³-hybridized carbons (Fsp3) is 0.167. The van der Waals surface area contributed by atoms with Crippen LogP contribution >= 0.6 is 11.3 Å². The van der Waals surface area contributed by atoms with Gasteiger partial charge in [-0.15, -0.1) is 11.3 Å². The molecule has 4 rings (SSSR count). The van der Waals surface area contributed by atoms with E-state index in [1.165, 1.54) is 11.3 Å². The number of ether oxygens (including phenoxy) is 2. The molecule has 1 aromatic carbocycles. The number of aromatic nitrogens is 4. The predicted octanol–water partition coefficient (Wildman–Crippen LogP) is 3.92. The van der Waals surface area contributed by atoms with Crippen LogP contribution in [0.25, 0.3) is 17.2 Å². The van der Waals surface area contributed by atoms with E-state index < -0.39 is 0 Å². The summed E-state index contributed by atoms with van der Waals surface area (Å²) in [5, 5.41) is 6.07. The van der Waals surface area contributed by atoms with E-state index in [4.69, 9.17) is 14.5 Å². The molecule has 4 aromatic rings. The molecule has 0 fully saturated rings. The minimum atomic E-state index is 0.666. The van der Waals surface area contributed by atoms with Crippen LogP contribution < -0.4 is 14.8 Å². The van der Waals surface area contributed by atoms with Gasteiger partial charge in [0, 0.05) is 23.8 Å². The summed E-state index contributed by atoms with van der Waals surface area (Å²) < 4.78 is 12.6. The first kappa shape index (κ1) is 16.3. The molecule has 0 saturated carbocycles. The molecule has 0 aliphatic heterocycles. The summed E-state index contributed by atoms with van der Waals surface area (Å²) in [5.74, 6) is 2.09. The molecule has 0 spiro atoms. The van der Waals surface area contributed by atoms with Gasteiger partial charge in [-0.05, 0) is 25.1 Å². The molecule has 0 aliphatic carbocycles. The number of hydrogen-bond donors (Lipinski definition) is 1. The number of imidazole rings is 1. The Morgan fingerprint density at radius 1 is 1.15 bits per heavy atom. The maximum absolute atomic E-state index is 5.43. The van der Waals surface area contributed by atoms with E-state index in [0.717, 1.165) is 33.7 Å². The minimum Gasteiger partial charge on any atom is -0.497 e. The molecule has 0 atom stereocenters. The third kappa shape index (κ3) is 2.84. The van der Waals surface area contributed by atoms with E-state index in [0.29, 0.717) is 11.5 Å². The van der Waals surface area contributed by atoms with Crippen LogP contribution in [0, 0.1) is 6.92 Å². The Balaban J connectivity index is 1.68. The second-order valence-electron chi connectivity index (χ2n) is 5.56. The molecule has 132 valence electrons. The van der Waals surface area contributed by atoms with Gasteiger partial charge in [0.2, 0.25) is 5.78 Å². The Morgan fingerprint density at radius 2 is 2.04 bits per heavy atom. The van der Waals surface area contributed by atoms with Crippen molar-refractivity contribution in [1.29, 1.82) is 0 Å². The summed E-state index contributed by atoms with van der Waals surface area (Å²) in [7, 11) is 3.25. The first-order valence-electron chi connectivity index (χ1n) is 7.94. The normalized spacial score (nSPS) is 10.9. The van der Waals surface area contributed by atoms with Gasteiger partial charge in [0.25, 0.3) is 0 Å². The molecule has 0 radical (unpaired) electrons. The second kappa shape index (κ2) is 6.64. The molecule has 3 heterocycles. The third-order valence-corrected chi connectivity index (χ3v) is 4.73. The number of nitrogens with zero attached hydrogens (tertiary/aromatic N) is 4. The number of benzene rings is 1. The van der Waals surface area contributed by atoms with Crippen molar-refractivity contribution in [3.8, 4) is 22.9 Å². The Bertz CT molecular complexity index is 1070. The molecule has 0 bridgehead atoms. The summed E-state index contributed by atoms with van der Waals surface area (Å²) >= 11 is 1.52. The standard InChI is InChI=1S/C18H17N5O2S/c1-11-16(23-8-4-7-19-17(23)20-11)14-10-26-18(22-14)21-13-6-5-12(24-2)9-15(13)25-3/h4-10H,1-3H3,(H,21,22). The third-order valence-electron chi connectivity index (χ3n) is 3.98. The number of nitrogens with one attached hydrogen (secondary N) is 1. The molecular formula is C18H17N5O2S. The smallest absolute Gasteiger partial charge is 0.234 e. The highest BCUT2D eigenvalue weighted by molar-refractivity contribution is 7.14. The molecule has 8 heteroatoms. The highest BCUT2D eigenvalue weighted by atomic mass is 32.1. The highest BCUT2D eigenvalue weighted by Gasteiger charge is 2.15. The van der Waals surface area contributed by atoms with Gasteiger partial charge in [-0.2, -0.15) is 0 Å². The number of methoxy groups -OCH3 is 2. The van der Waals surface area contributed by atoms with E-state index >= 15 is 0 Å². The van der Waals surface area contributed by atoms with E-state index in [9.17, 15) is 0 Å². The maximum atomic E-state index is 5.43. The molecule has 1 N–H and O–H groups in total. The van der Waals surface area contributed by atoms with Crippen molar-refractivity contribution in [2.75, 3.05) is 19.5 Å². The van der Waals surface area contributed by atoms with Gasteiger partial charge >= 0.3 is 0 Å². The topological polar surface area (TPSA) is 73.6 Å². The van der Waals surface area contributed by atoms with Crippen LogP contribution in [0.3, 0.4) is 0 Å². The number of thiazole rings is 1. The van der Waals surface area contributed by atoms with Crippen molar-refractivity contribution >= 4 is 27.9 Å². The van der Waals surface area contributed by atoms with E-state index in [1.807, 2.05) is 47.2 Å². The molecule has 0 saturated heterocycles. The quantitative estimate of drug-likeness (QED) is 0.576. The van der Waals surface area contributed by atoms with Crippen molar-refractivity contribution in [2.45, 2.75) is 6.92 Å². The van der Waals surface area contributed by atoms with E-state index in [1.54, 1.807) is 20.4 Å². The van der Waals surface area contributed by atoms with Crippen LogP contribution in [-0.2, 0) is 0 Å². The monoisotopic (exact) mass is 367 g/mol. The van der Waals surface area contributed by atoms with Gasteiger partial charge in [0.1, 0.15) is 17.2 Å². The lowest BCUT2D eigenvalue weighted by atomic mass is 10.2. The SMILES string of the molecule is COc1ccc(Nc2nc(-c3c(C)nc4ncccn34)cs2)c(OC)c1. The van der Waals surface area contributed by atoms with Crippen LogP contribution in [0.4, 0.5) is 10.8 Å². The van der Waals surface area contributed by atoms with Gasteiger partial charge in [-0.3, -0.25) is 4.40 Å². The fourth-order valence-electron chi connectivity index (χ4n) is 2.76. The zero-order valence-electron chi connectivity index (χ0n) is 14.6.